The smallest absolute Gasteiger partial charge is 0.267 e. The van der Waals surface area contributed by atoms with E-state index in [2.05, 4.69) is 0 Å². The molecule has 0 aliphatic carbocycles. The van der Waals surface area contributed by atoms with E-state index in [0.717, 1.165) is 11.3 Å². The SMILES string of the molecule is O=C(CN1CCCCC(O)C1=O)N1CCC(F)(F)C1. The number of halogens is 2. The van der Waals surface area contributed by atoms with Crippen LogP contribution in [0.15, 0.2) is 0 Å². The van der Waals surface area contributed by atoms with E-state index in [1.54, 1.807) is 0 Å². The van der Waals surface area contributed by atoms with Gasteiger partial charge in [0.15, 0.2) is 0 Å². The fourth-order valence-corrected chi connectivity index (χ4v) is 2.45. The molecular weight excluding hydrogens is 258 g/mol. The van der Waals surface area contributed by atoms with Crippen LogP contribution in [0.3, 0.4) is 0 Å². The van der Waals surface area contributed by atoms with E-state index in [-0.39, 0.29) is 19.5 Å². The Hall–Kier alpha value is -1.24. The highest BCUT2D eigenvalue weighted by atomic mass is 19.3. The molecule has 2 fully saturated rings. The molecule has 19 heavy (non-hydrogen) atoms. The maximum atomic E-state index is 13.0. The van der Waals surface area contributed by atoms with Crippen LogP contribution < -0.4 is 0 Å². The summed E-state index contributed by atoms with van der Waals surface area (Å²) in [5.74, 6) is -3.77. The van der Waals surface area contributed by atoms with Crippen LogP contribution in [0, 0.1) is 0 Å². The molecule has 108 valence electrons. The first kappa shape index (κ1) is 14.2. The molecule has 2 amide bonds. The average Bonchev–Trinajstić information content (AvgIpc) is 2.64. The summed E-state index contributed by atoms with van der Waals surface area (Å²) < 4.78 is 26.0. The lowest BCUT2D eigenvalue weighted by atomic mass is 10.2. The van der Waals surface area contributed by atoms with E-state index in [1.807, 2.05) is 0 Å². The van der Waals surface area contributed by atoms with Crippen molar-refractivity contribution in [2.24, 2.45) is 0 Å². The van der Waals surface area contributed by atoms with Gasteiger partial charge in [0.25, 0.3) is 11.8 Å². The van der Waals surface area contributed by atoms with Crippen molar-refractivity contribution in [2.75, 3.05) is 26.2 Å². The topological polar surface area (TPSA) is 60.9 Å². The Kier molecular flexibility index (Phi) is 4.03. The molecule has 0 aromatic carbocycles. The van der Waals surface area contributed by atoms with Crippen molar-refractivity contribution in [3.8, 4) is 0 Å². The molecule has 0 aromatic rings. The van der Waals surface area contributed by atoms with Crippen LogP contribution in [0.25, 0.3) is 0 Å². The molecular formula is C12H18F2N2O3. The molecule has 2 saturated heterocycles. The third-order valence-electron chi connectivity index (χ3n) is 3.60. The van der Waals surface area contributed by atoms with Crippen LogP contribution >= 0.6 is 0 Å². The molecule has 1 unspecified atom stereocenters. The highest BCUT2D eigenvalue weighted by Gasteiger charge is 2.40. The number of aliphatic hydroxyl groups is 1. The molecule has 0 saturated carbocycles. The van der Waals surface area contributed by atoms with Gasteiger partial charge in [0.2, 0.25) is 5.91 Å². The molecule has 2 rings (SSSR count). The van der Waals surface area contributed by atoms with Crippen LogP contribution in [0.4, 0.5) is 8.78 Å². The Balaban J connectivity index is 1.93. The predicted molar refractivity (Wildman–Crippen MR) is 62.6 cm³/mol. The Morgan fingerprint density at radius 2 is 2.11 bits per heavy atom. The van der Waals surface area contributed by atoms with E-state index in [1.165, 1.54) is 4.90 Å². The summed E-state index contributed by atoms with van der Waals surface area (Å²) in [5.41, 5.74) is 0. The van der Waals surface area contributed by atoms with Gasteiger partial charge in [0.05, 0.1) is 13.1 Å². The van der Waals surface area contributed by atoms with Gasteiger partial charge >= 0.3 is 0 Å². The quantitative estimate of drug-likeness (QED) is 0.785. The molecule has 7 heteroatoms. The van der Waals surface area contributed by atoms with Crippen molar-refractivity contribution in [1.29, 1.82) is 0 Å². The molecule has 1 atom stereocenters. The van der Waals surface area contributed by atoms with E-state index in [4.69, 9.17) is 0 Å². The minimum Gasteiger partial charge on any atom is -0.383 e. The van der Waals surface area contributed by atoms with E-state index in [0.29, 0.717) is 19.4 Å². The summed E-state index contributed by atoms with van der Waals surface area (Å²) >= 11 is 0. The first-order valence-corrected chi connectivity index (χ1v) is 6.51. The molecule has 5 nitrogen and oxygen atoms in total. The summed E-state index contributed by atoms with van der Waals surface area (Å²) in [7, 11) is 0. The fourth-order valence-electron chi connectivity index (χ4n) is 2.45. The molecule has 0 spiro atoms. The van der Waals surface area contributed by atoms with Gasteiger partial charge in [-0.3, -0.25) is 9.59 Å². The number of alkyl halides is 2. The summed E-state index contributed by atoms with van der Waals surface area (Å²) in [5, 5.41) is 9.55. The van der Waals surface area contributed by atoms with Crippen LogP contribution in [0.2, 0.25) is 0 Å². The second-order valence-corrected chi connectivity index (χ2v) is 5.19. The Morgan fingerprint density at radius 1 is 1.37 bits per heavy atom. The number of aliphatic hydroxyl groups excluding tert-OH is 1. The van der Waals surface area contributed by atoms with E-state index < -0.39 is 30.4 Å². The number of carbonyl (C=O) groups excluding carboxylic acids is 2. The number of rotatable bonds is 2. The standard InChI is InChI=1S/C12H18F2N2O3/c13-12(14)4-6-16(8-12)10(18)7-15-5-2-1-3-9(17)11(15)19/h9,17H,1-8H2. The molecule has 0 aromatic heterocycles. The monoisotopic (exact) mass is 276 g/mol. The summed E-state index contributed by atoms with van der Waals surface area (Å²) in [6, 6.07) is 0. The van der Waals surface area contributed by atoms with Crippen LogP contribution in [0.1, 0.15) is 25.7 Å². The lowest BCUT2D eigenvalue weighted by Gasteiger charge is -2.24. The normalized spacial score (nSPS) is 27.5. The summed E-state index contributed by atoms with van der Waals surface area (Å²) in [4.78, 5) is 26.0. The Labute approximate surface area is 110 Å². The predicted octanol–water partition coefficient (Wildman–Crippen LogP) is 0.227. The van der Waals surface area contributed by atoms with E-state index >= 15 is 0 Å². The Morgan fingerprint density at radius 3 is 2.74 bits per heavy atom. The minimum absolute atomic E-state index is 0.0242. The Bertz CT molecular complexity index is 376. The van der Waals surface area contributed by atoms with E-state index in [9.17, 15) is 23.5 Å². The van der Waals surface area contributed by atoms with Crippen molar-refractivity contribution in [3.05, 3.63) is 0 Å². The maximum Gasteiger partial charge on any atom is 0.267 e. The van der Waals surface area contributed by atoms with Crippen molar-refractivity contribution < 1.29 is 23.5 Å². The zero-order valence-corrected chi connectivity index (χ0v) is 10.6. The molecule has 2 aliphatic heterocycles. The van der Waals surface area contributed by atoms with Gasteiger partial charge in [-0.15, -0.1) is 0 Å². The number of hydrogen-bond donors (Lipinski definition) is 1. The number of carbonyl (C=O) groups is 2. The van der Waals surface area contributed by atoms with Crippen LogP contribution in [-0.2, 0) is 9.59 Å². The van der Waals surface area contributed by atoms with Crippen molar-refractivity contribution in [1.82, 2.24) is 9.80 Å². The summed E-state index contributed by atoms with van der Waals surface area (Å²) in [6.45, 7) is -0.370. The van der Waals surface area contributed by atoms with Crippen molar-refractivity contribution in [2.45, 2.75) is 37.7 Å². The minimum atomic E-state index is -2.82. The number of likely N-dealkylation sites (tertiary alicyclic amines) is 2. The largest absolute Gasteiger partial charge is 0.383 e. The first-order valence-electron chi connectivity index (χ1n) is 6.51. The second kappa shape index (κ2) is 5.40. The van der Waals surface area contributed by atoms with Gasteiger partial charge in [-0.05, 0) is 19.3 Å². The van der Waals surface area contributed by atoms with Gasteiger partial charge < -0.3 is 14.9 Å². The molecule has 2 aliphatic rings. The third-order valence-corrected chi connectivity index (χ3v) is 3.60. The number of hydrogen-bond acceptors (Lipinski definition) is 3. The van der Waals surface area contributed by atoms with Gasteiger partial charge in [-0.25, -0.2) is 8.78 Å². The summed E-state index contributed by atoms with van der Waals surface area (Å²) in [6.07, 6.45) is 0.432. The second-order valence-electron chi connectivity index (χ2n) is 5.19. The fraction of sp³-hybridized carbons (Fsp3) is 0.833. The molecule has 0 bridgehead atoms. The third kappa shape index (κ3) is 3.40. The molecule has 0 radical (unpaired) electrons. The average molecular weight is 276 g/mol. The van der Waals surface area contributed by atoms with Crippen LogP contribution in [-0.4, -0.2) is 64.9 Å². The highest BCUT2D eigenvalue weighted by Crippen LogP contribution is 2.26. The van der Waals surface area contributed by atoms with Gasteiger partial charge in [-0.2, -0.15) is 0 Å². The maximum absolute atomic E-state index is 13.0. The molecule has 1 N–H and O–H groups in total. The van der Waals surface area contributed by atoms with Crippen molar-refractivity contribution in [3.63, 3.8) is 0 Å². The van der Waals surface area contributed by atoms with Gasteiger partial charge in [0, 0.05) is 19.5 Å². The lowest BCUT2D eigenvalue weighted by Crippen LogP contribution is -2.45. The first-order chi connectivity index (χ1) is 8.89. The van der Waals surface area contributed by atoms with Gasteiger partial charge in [0.1, 0.15) is 6.10 Å². The van der Waals surface area contributed by atoms with Crippen LogP contribution in [0.5, 0.6) is 0 Å². The molecule has 2 heterocycles. The number of nitrogens with zero attached hydrogens (tertiary/aromatic N) is 2. The highest BCUT2D eigenvalue weighted by molar-refractivity contribution is 5.87. The number of amides is 2. The van der Waals surface area contributed by atoms with Crippen molar-refractivity contribution >= 4 is 11.8 Å². The lowest BCUT2D eigenvalue weighted by molar-refractivity contribution is -0.145. The van der Waals surface area contributed by atoms with Gasteiger partial charge in [-0.1, -0.05) is 0 Å². The zero-order chi connectivity index (χ0) is 14.0. The zero-order valence-electron chi connectivity index (χ0n) is 10.6.